The van der Waals surface area contributed by atoms with Gasteiger partial charge in [0.05, 0.1) is 0 Å². The molecular weight excluding hydrogens is 841 g/mol. The van der Waals surface area contributed by atoms with E-state index in [-0.39, 0.29) is 37.5 Å². The zero-order chi connectivity index (χ0) is 49.3. The average Bonchev–Trinajstić information content (AvgIpc) is 3.34. The van der Waals surface area contributed by atoms with Crippen LogP contribution >= 0.6 is 0 Å². The van der Waals surface area contributed by atoms with Gasteiger partial charge in [-0.3, -0.25) is 14.4 Å². The Balaban J connectivity index is 4.55. The van der Waals surface area contributed by atoms with Crippen molar-refractivity contribution >= 4 is 17.9 Å². The van der Waals surface area contributed by atoms with Crippen molar-refractivity contribution in [3.05, 3.63) is 122 Å². The lowest BCUT2D eigenvalue weighted by Crippen LogP contribution is -2.30. The fourth-order valence-electron chi connectivity index (χ4n) is 7.15. The highest BCUT2D eigenvalue weighted by Crippen LogP contribution is 2.14. The van der Waals surface area contributed by atoms with E-state index in [4.69, 9.17) is 14.2 Å². The van der Waals surface area contributed by atoms with Crippen molar-refractivity contribution in [2.24, 2.45) is 0 Å². The standard InChI is InChI=1S/C62H100O6/c1-4-7-10-13-16-19-22-25-28-30-31-33-34-37-40-43-46-49-52-55-61(64)67-58-59(57-66-60(63)54-51-48-45-42-39-36-27-24-21-18-15-12-9-6-3)68-62(65)56-53-50-47-44-41-38-35-32-29-26-23-20-17-14-11-8-5-2/h7-8,10-11,16-17,19-20,25-26,28-29,31,33,35,37-38,40,44,47,59H,4-6,9,12-15,18,21-24,27,30,32,34,36,39,41-43,45-46,48-58H2,1-3H3/b10-7+,11-8+,19-16+,20-17+,28-25+,29-26+,33-31+,38-35+,40-37+,47-44+/t59-/m1/s1. The summed E-state index contributed by atoms with van der Waals surface area (Å²) >= 11 is 0. The number of carbonyl (C=O) groups excluding carboxylic acids is 3. The molecule has 384 valence electrons. The van der Waals surface area contributed by atoms with Gasteiger partial charge >= 0.3 is 17.9 Å². The van der Waals surface area contributed by atoms with Crippen LogP contribution < -0.4 is 0 Å². The molecule has 0 aromatic rings. The van der Waals surface area contributed by atoms with Crippen LogP contribution in [0.4, 0.5) is 0 Å². The van der Waals surface area contributed by atoms with Gasteiger partial charge in [-0.1, -0.05) is 232 Å². The van der Waals surface area contributed by atoms with Crippen LogP contribution in [0.3, 0.4) is 0 Å². The molecule has 6 heteroatoms. The van der Waals surface area contributed by atoms with Gasteiger partial charge in [0.25, 0.3) is 0 Å². The maximum Gasteiger partial charge on any atom is 0.306 e. The molecule has 0 saturated heterocycles. The van der Waals surface area contributed by atoms with E-state index >= 15 is 0 Å². The maximum atomic E-state index is 12.8. The second-order valence-corrected chi connectivity index (χ2v) is 17.7. The summed E-state index contributed by atoms with van der Waals surface area (Å²) in [5.74, 6) is -1.01. The average molecular weight is 941 g/mol. The molecule has 0 aliphatic carbocycles. The highest BCUT2D eigenvalue weighted by Gasteiger charge is 2.19. The van der Waals surface area contributed by atoms with Crippen LogP contribution in [0.2, 0.25) is 0 Å². The summed E-state index contributed by atoms with van der Waals surface area (Å²) in [5, 5.41) is 0. The van der Waals surface area contributed by atoms with Crippen molar-refractivity contribution < 1.29 is 28.6 Å². The van der Waals surface area contributed by atoms with Gasteiger partial charge < -0.3 is 14.2 Å². The first kappa shape index (κ1) is 63.8. The minimum absolute atomic E-state index is 0.113. The summed E-state index contributed by atoms with van der Waals surface area (Å²) in [6.45, 7) is 6.33. The Morgan fingerprint density at radius 1 is 0.309 bits per heavy atom. The zero-order valence-corrected chi connectivity index (χ0v) is 43.8. The van der Waals surface area contributed by atoms with Gasteiger partial charge in [0.1, 0.15) is 13.2 Å². The number of hydrogen-bond acceptors (Lipinski definition) is 6. The first-order chi connectivity index (χ1) is 33.5. The summed E-state index contributed by atoms with van der Waals surface area (Å²) in [7, 11) is 0. The fraction of sp³-hybridized carbons (Fsp3) is 0.629. The van der Waals surface area contributed by atoms with Gasteiger partial charge in [0.2, 0.25) is 0 Å². The smallest absolute Gasteiger partial charge is 0.306 e. The number of esters is 3. The van der Waals surface area contributed by atoms with E-state index in [1.807, 2.05) is 0 Å². The van der Waals surface area contributed by atoms with Crippen molar-refractivity contribution in [3.63, 3.8) is 0 Å². The van der Waals surface area contributed by atoms with Gasteiger partial charge in [0.15, 0.2) is 6.10 Å². The van der Waals surface area contributed by atoms with E-state index in [1.54, 1.807) is 0 Å². The number of allylic oxidation sites excluding steroid dienone is 20. The largest absolute Gasteiger partial charge is 0.462 e. The number of unbranched alkanes of at least 4 members (excludes halogenated alkanes) is 17. The lowest BCUT2D eigenvalue weighted by atomic mass is 10.0. The van der Waals surface area contributed by atoms with E-state index in [0.29, 0.717) is 19.3 Å². The van der Waals surface area contributed by atoms with Crippen LogP contribution in [0.5, 0.6) is 0 Å². The Kier molecular flexibility index (Phi) is 52.0. The summed E-state index contributed by atoms with van der Waals surface area (Å²) in [4.78, 5) is 38.1. The Labute approximate surface area is 418 Å². The van der Waals surface area contributed by atoms with E-state index < -0.39 is 6.10 Å². The van der Waals surface area contributed by atoms with Crippen LogP contribution in [0.15, 0.2) is 122 Å². The van der Waals surface area contributed by atoms with Crippen LogP contribution in [-0.4, -0.2) is 37.2 Å². The Hall–Kier alpha value is -4.19. The third-order valence-corrected chi connectivity index (χ3v) is 11.2. The molecule has 0 saturated carbocycles. The lowest BCUT2D eigenvalue weighted by molar-refractivity contribution is -0.167. The molecule has 0 spiro atoms. The fourth-order valence-corrected chi connectivity index (χ4v) is 7.15. The van der Waals surface area contributed by atoms with Gasteiger partial charge in [-0.05, 0) is 103 Å². The monoisotopic (exact) mass is 941 g/mol. The molecule has 0 bridgehead atoms. The second kappa shape index (κ2) is 55.4. The van der Waals surface area contributed by atoms with Crippen molar-refractivity contribution in [1.29, 1.82) is 0 Å². The molecule has 0 aromatic carbocycles. The highest BCUT2D eigenvalue weighted by atomic mass is 16.6. The van der Waals surface area contributed by atoms with Crippen molar-refractivity contribution in [3.8, 4) is 0 Å². The predicted molar refractivity (Wildman–Crippen MR) is 293 cm³/mol. The molecule has 0 amide bonds. The molecule has 0 aliphatic heterocycles. The molecule has 0 radical (unpaired) electrons. The van der Waals surface area contributed by atoms with Crippen LogP contribution in [0.1, 0.15) is 233 Å². The van der Waals surface area contributed by atoms with Gasteiger partial charge in [0, 0.05) is 19.3 Å². The zero-order valence-electron chi connectivity index (χ0n) is 43.8. The molecular formula is C62H100O6. The van der Waals surface area contributed by atoms with E-state index in [0.717, 1.165) is 116 Å². The minimum Gasteiger partial charge on any atom is -0.462 e. The third-order valence-electron chi connectivity index (χ3n) is 11.2. The molecule has 0 fully saturated rings. The molecule has 0 aromatic heterocycles. The van der Waals surface area contributed by atoms with Crippen LogP contribution in [-0.2, 0) is 28.6 Å². The third kappa shape index (κ3) is 52.8. The summed E-state index contributed by atoms with van der Waals surface area (Å²) < 4.78 is 16.8. The topological polar surface area (TPSA) is 78.9 Å². The van der Waals surface area contributed by atoms with Gasteiger partial charge in [-0.25, -0.2) is 0 Å². The maximum absolute atomic E-state index is 12.8. The molecule has 0 unspecified atom stereocenters. The van der Waals surface area contributed by atoms with E-state index in [9.17, 15) is 14.4 Å². The molecule has 0 rings (SSSR count). The Bertz CT molecular complexity index is 1450. The normalized spacial score (nSPS) is 13.0. The number of rotatable bonds is 48. The summed E-state index contributed by atoms with van der Waals surface area (Å²) in [6, 6.07) is 0. The van der Waals surface area contributed by atoms with E-state index in [2.05, 4.69) is 142 Å². The number of carbonyl (C=O) groups is 3. The Morgan fingerprint density at radius 2 is 0.588 bits per heavy atom. The lowest BCUT2D eigenvalue weighted by Gasteiger charge is -2.18. The van der Waals surface area contributed by atoms with Gasteiger partial charge in [-0.15, -0.1) is 0 Å². The quantitative estimate of drug-likeness (QED) is 0.0262. The summed E-state index contributed by atoms with van der Waals surface area (Å²) in [5.41, 5.74) is 0. The van der Waals surface area contributed by atoms with E-state index in [1.165, 1.54) is 70.6 Å². The number of ether oxygens (including phenoxy) is 3. The first-order valence-corrected chi connectivity index (χ1v) is 27.5. The minimum atomic E-state index is -0.823. The van der Waals surface area contributed by atoms with Crippen molar-refractivity contribution in [2.45, 2.75) is 239 Å². The predicted octanol–water partition coefficient (Wildman–Crippen LogP) is 18.5. The molecule has 68 heavy (non-hydrogen) atoms. The molecule has 0 heterocycles. The van der Waals surface area contributed by atoms with Crippen LogP contribution in [0, 0.1) is 0 Å². The second-order valence-electron chi connectivity index (χ2n) is 17.7. The summed E-state index contributed by atoms with van der Waals surface area (Å²) in [6.07, 6.45) is 76.2. The molecule has 6 nitrogen and oxygen atoms in total. The Morgan fingerprint density at radius 3 is 0.941 bits per heavy atom. The molecule has 0 aliphatic rings. The van der Waals surface area contributed by atoms with Crippen molar-refractivity contribution in [2.75, 3.05) is 13.2 Å². The van der Waals surface area contributed by atoms with Crippen LogP contribution in [0.25, 0.3) is 0 Å². The van der Waals surface area contributed by atoms with Gasteiger partial charge in [-0.2, -0.15) is 0 Å². The first-order valence-electron chi connectivity index (χ1n) is 27.5. The highest BCUT2D eigenvalue weighted by molar-refractivity contribution is 5.71. The SMILES string of the molecule is CC/C=C/C/C=C/C/C=C/C/C=C/C/C=C/CCCCCC(=O)OC[C@@H](COC(=O)CCCCCCCCCCCCCCCC)OC(=O)CCC/C=C/C/C=C/C/C=C/C/C=C/C/C=C/CC. The molecule has 1 atom stereocenters. The number of hydrogen-bond donors (Lipinski definition) is 0. The molecule has 0 N–H and O–H groups in total. The van der Waals surface area contributed by atoms with Crippen molar-refractivity contribution in [1.82, 2.24) is 0 Å².